The maximum Gasteiger partial charge on any atom is 0.275 e. The van der Waals surface area contributed by atoms with E-state index in [9.17, 15) is 20.0 Å². The highest BCUT2D eigenvalue weighted by molar-refractivity contribution is 9.11. The molecule has 1 aromatic heterocycles. The summed E-state index contributed by atoms with van der Waals surface area (Å²) in [5.74, 6) is -0.0606. The second kappa shape index (κ2) is 8.36. The summed E-state index contributed by atoms with van der Waals surface area (Å²) in [6.07, 6.45) is 1.28. The van der Waals surface area contributed by atoms with E-state index in [2.05, 4.69) is 42.4 Å². The van der Waals surface area contributed by atoms with Crippen molar-refractivity contribution in [1.82, 2.24) is 5.43 Å². The summed E-state index contributed by atoms with van der Waals surface area (Å²) < 4.78 is 6.54. The number of amides is 1. The number of nitro groups is 1. The molecule has 0 saturated carbocycles. The number of rotatable bonds is 5. The van der Waals surface area contributed by atoms with Crippen LogP contribution in [0.1, 0.15) is 16.1 Å². The fraction of sp³-hybridized carbons (Fsp3) is 0. The third kappa shape index (κ3) is 4.46. The van der Waals surface area contributed by atoms with Crippen molar-refractivity contribution in [2.75, 3.05) is 0 Å². The van der Waals surface area contributed by atoms with Gasteiger partial charge in [0.15, 0.2) is 0 Å². The molecular formula is C18H11Br2N3O5. The van der Waals surface area contributed by atoms with E-state index in [1.165, 1.54) is 24.4 Å². The van der Waals surface area contributed by atoms with Gasteiger partial charge in [0, 0.05) is 22.2 Å². The average Bonchev–Trinajstić information content (AvgIpc) is 3.13. The Balaban J connectivity index is 1.72. The highest BCUT2D eigenvalue weighted by atomic mass is 79.9. The Kier molecular flexibility index (Phi) is 5.90. The lowest BCUT2D eigenvalue weighted by Crippen LogP contribution is -2.17. The van der Waals surface area contributed by atoms with E-state index in [-0.39, 0.29) is 17.0 Å². The second-order valence-electron chi connectivity index (χ2n) is 5.49. The van der Waals surface area contributed by atoms with Gasteiger partial charge in [0.2, 0.25) is 0 Å². The Morgan fingerprint density at radius 1 is 1.21 bits per heavy atom. The number of halogens is 2. The summed E-state index contributed by atoms with van der Waals surface area (Å²) in [5, 5.41) is 24.6. The maximum absolute atomic E-state index is 12.2. The molecule has 1 amide bonds. The van der Waals surface area contributed by atoms with Gasteiger partial charge in [-0.15, -0.1) is 0 Å². The molecule has 0 spiro atoms. The molecule has 8 nitrogen and oxygen atoms in total. The zero-order valence-corrected chi connectivity index (χ0v) is 17.1. The van der Waals surface area contributed by atoms with Gasteiger partial charge in [0.25, 0.3) is 11.6 Å². The summed E-state index contributed by atoms with van der Waals surface area (Å²) in [6, 6.07) is 12.3. The van der Waals surface area contributed by atoms with E-state index in [0.717, 1.165) is 0 Å². The zero-order chi connectivity index (χ0) is 20.3. The van der Waals surface area contributed by atoms with Gasteiger partial charge in [-0.05, 0) is 40.2 Å². The van der Waals surface area contributed by atoms with E-state index in [1.54, 1.807) is 30.3 Å². The summed E-state index contributed by atoms with van der Waals surface area (Å²) >= 11 is 6.40. The molecule has 0 saturated heterocycles. The number of aromatic hydroxyl groups is 1. The largest absolute Gasteiger partial charge is 0.506 e. The zero-order valence-electron chi connectivity index (χ0n) is 13.9. The predicted octanol–water partition coefficient (Wildman–Crippen LogP) is 4.85. The first-order valence-corrected chi connectivity index (χ1v) is 9.30. The Hall–Kier alpha value is -2.98. The van der Waals surface area contributed by atoms with Gasteiger partial charge in [-0.25, -0.2) is 5.43 Å². The number of benzene rings is 2. The minimum atomic E-state index is -0.610. The number of carbonyl (C=O) groups excluding carboxylic acids is 1. The monoisotopic (exact) mass is 507 g/mol. The molecule has 0 aliphatic rings. The van der Waals surface area contributed by atoms with Crippen LogP contribution in [0.3, 0.4) is 0 Å². The number of nitrogens with one attached hydrogen (secondary N) is 1. The normalized spacial score (nSPS) is 10.9. The molecular weight excluding hydrogens is 498 g/mol. The van der Waals surface area contributed by atoms with E-state index in [0.29, 0.717) is 26.0 Å². The van der Waals surface area contributed by atoms with Crippen molar-refractivity contribution >= 4 is 49.7 Å². The topological polar surface area (TPSA) is 118 Å². The third-order valence-electron chi connectivity index (χ3n) is 3.60. The molecule has 0 fully saturated rings. The van der Waals surface area contributed by atoms with Crippen molar-refractivity contribution in [2.24, 2.45) is 5.10 Å². The molecule has 2 N–H and O–H groups in total. The Morgan fingerprint density at radius 2 is 2.00 bits per heavy atom. The Labute approximate surface area is 175 Å². The quantitative estimate of drug-likeness (QED) is 0.290. The van der Waals surface area contributed by atoms with Crippen molar-refractivity contribution in [1.29, 1.82) is 0 Å². The average molecular weight is 509 g/mol. The lowest BCUT2D eigenvalue weighted by molar-refractivity contribution is -0.384. The van der Waals surface area contributed by atoms with Crippen LogP contribution in [0.4, 0.5) is 5.69 Å². The summed E-state index contributed by atoms with van der Waals surface area (Å²) in [4.78, 5) is 22.5. The third-order valence-corrected chi connectivity index (χ3v) is 4.66. The molecule has 10 heteroatoms. The predicted molar refractivity (Wildman–Crippen MR) is 109 cm³/mol. The number of nitrogens with zero attached hydrogens (tertiary/aromatic N) is 2. The van der Waals surface area contributed by atoms with Crippen molar-refractivity contribution < 1.29 is 19.2 Å². The van der Waals surface area contributed by atoms with Crippen LogP contribution in [-0.4, -0.2) is 22.2 Å². The minimum absolute atomic E-state index is 0.0372. The van der Waals surface area contributed by atoms with Gasteiger partial charge in [0.05, 0.1) is 21.2 Å². The van der Waals surface area contributed by atoms with Gasteiger partial charge in [-0.2, -0.15) is 5.10 Å². The summed E-state index contributed by atoms with van der Waals surface area (Å²) in [5.41, 5.74) is 2.83. The molecule has 0 unspecified atom stereocenters. The number of nitro benzene ring substituents is 1. The van der Waals surface area contributed by atoms with Crippen LogP contribution in [0.15, 0.2) is 67.0 Å². The van der Waals surface area contributed by atoms with Crippen LogP contribution in [0, 0.1) is 10.1 Å². The van der Waals surface area contributed by atoms with Crippen molar-refractivity contribution in [3.63, 3.8) is 0 Å². The van der Waals surface area contributed by atoms with E-state index >= 15 is 0 Å². The van der Waals surface area contributed by atoms with Gasteiger partial charge < -0.3 is 9.52 Å². The van der Waals surface area contributed by atoms with Gasteiger partial charge in [-0.1, -0.05) is 28.1 Å². The minimum Gasteiger partial charge on any atom is -0.506 e. The van der Waals surface area contributed by atoms with Crippen LogP contribution >= 0.6 is 31.9 Å². The van der Waals surface area contributed by atoms with Crippen LogP contribution in [0.5, 0.6) is 5.75 Å². The SMILES string of the molecule is O=C(N/N=C\c1ccc(-c2cccc([N+](=O)[O-])c2)o1)c1cc(Br)cc(Br)c1O. The number of hydrogen-bond donors (Lipinski definition) is 2. The lowest BCUT2D eigenvalue weighted by Gasteiger charge is -2.05. The molecule has 0 bridgehead atoms. The number of carbonyl (C=O) groups is 1. The lowest BCUT2D eigenvalue weighted by atomic mass is 10.1. The molecule has 0 aliphatic carbocycles. The summed E-state index contributed by atoms with van der Waals surface area (Å²) in [6.45, 7) is 0. The Morgan fingerprint density at radius 3 is 2.75 bits per heavy atom. The smallest absolute Gasteiger partial charge is 0.275 e. The number of phenols is 1. The number of hydrogen-bond acceptors (Lipinski definition) is 6. The van der Waals surface area contributed by atoms with Crippen LogP contribution in [0.2, 0.25) is 0 Å². The summed E-state index contributed by atoms with van der Waals surface area (Å²) in [7, 11) is 0. The van der Waals surface area contributed by atoms with Gasteiger partial charge >= 0.3 is 0 Å². The molecule has 0 atom stereocenters. The molecule has 1 heterocycles. The van der Waals surface area contributed by atoms with Crippen molar-refractivity contribution in [3.05, 3.63) is 78.9 Å². The van der Waals surface area contributed by atoms with Crippen LogP contribution < -0.4 is 5.43 Å². The maximum atomic E-state index is 12.2. The first-order valence-electron chi connectivity index (χ1n) is 7.71. The molecule has 2 aromatic carbocycles. The Bertz CT molecular complexity index is 1090. The van der Waals surface area contributed by atoms with E-state index in [1.807, 2.05) is 0 Å². The highest BCUT2D eigenvalue weighted by Gasteiger charge is 2.14. The number of non-ortho nitro benzene ring substituents is 1. The fourth-order valence-electron chi connectivity index (χ4n) is 2.30. The molecule has 3 aromatic rings. The fourth-order valence-corrected chi connectivity index (χ4v) is 3.53. The molecule has 28 heavy (non-hydrogen) atoms. The number of hydrazone groups is 1. The molecule has 3 rings (SSSR count). The van der Waals surface area contributed by atoms with Gasteiger partial charge in [0.1, 0.15) is 17.3 Å². The van der Waals surface area contributed by atoms with E-state index in [4.69, 9.17) is 4.42 Å². The first kappa shape index (κ1) is 19.8. The molecule has 0 radical (unpaired) electrons. The van der Waals surface area contributed by atoms with Crippen LogP contribution in [0.25, 0.3) is 11.3 Å². The highest BCUT2D eigenvalue weighted by Crippen LogP contribution is 2.31. The molecule has 0 aliphatic heterocycles. The van der Waals surface area contributed by atoms with E-state index < -0.39 is 10.8 Å². The second-order valence-corrected chi connectivity index (χ2v) is 7.26. The number of furan rings is 1. The molecule has 142 valence electrons. The number of phenolic OH excluding ortho intramolecular Hbond substituents is 1. The van der Waals surface area contributed by atoms with Crippen molar-refractivity contribution in [3.8, 4) is 17.1 Å². The van der Waals surface area contributed by atoms with Crippen LogP contribution in [-0.2, 0) is 0 Å². The van der Waals surface area contributed by atoms with Crippen molar-refractivity contribution in [2.45, 2.75) is 0 Å². The standard InChI is InChI=1S/C18H11Br2N3O5/c19-11-7-14(17(24)15(20)8-11)18(25)22-21-9-13-4-5-16(28-13)10-2-1-3-12(6-10)23(26)27/h1-9,24H,(H,22,25)/b21-9-. The first-order chi connectivity index (χ1) is 13.3. The van der Waals surface area contributed by atoms with Gasteiger partial charge in [-0.3, -0.25) is 14.9 Å².